The van der Waals surface area contributed by atoms with E-state index in [0.717, 1.165) is 30.0 Å². The van der Waals surface area contributed by atoms with Gasteiger partial charge in [-0.3, -0.25) is 4.68 Å². The number of rotatable bonds is 6. The van der Waals surface area contributed by atoms with Crippen molar-refractivity contribution in [3.63, 3.8) is 0 Å². The number of aromatic nitrogens is 2. The van der Waals surface area contributed by atoms with Crippen molar-refractivity contribution in [1.82, 2.24) is 9.78 Å². The predicted molar refractivity (Wildman–Crippen MR) is 109 cm³/mol. The van der Waals surface area contributed by atoms with Gasteiger partial charge in [0.1, 0.15) is 11.5 Å². The van der Waals surface area contributed by atoms with Gasteiger partial charge in [-0.15, -0.1) is 0 Å². The van der Waals surface area contributed by atoms with E-state index in [0.29, 0.717) is 5.02 Å². The maximum Gasteiger partial charge on any atom is 0.127 e. The van der Waals surface area contributed by atoms with Gasteiger partial charge in [-0.1, -0.05) is 48.0 Å². The SMILES string of the molecule is Clc1ccc(Oc2ccc(-c3ccc(CCn4cccn4)cc3)cc2)cc1. The molecule has 0 aliphatic rings. The number of halogens is 1. The highest BCUT2D eigenvalue weighted by molar-refractivity contribution is 6.30. The Balaban J connectivity index is 1.40. The molecule has 1 aromatic heterocycles. The molecule has 0 aliphatic carbocycles. The van der Waals surface area contributed by atoms with Crippen LogP contribution in [0.25, 0.3) is 11.1 Å². The second-order valence-electron chi connectivity index (χ2n) is 6.30. The molecule has 0 atom stereocenters. The lowest BCUT2D eigenvalue weighted by atomic mass is 10.0. The Labute approximate surface area is 163 Å². The Morgan fingerprint density at radius 1 is 0.778 bits per heavy atom. The topological polar surface area (TPSA) is 27.1 Å². The van der Waals surface area contributed by atoms with Crippen molar-refractivity contribution in [3.8, 4) is 22.6 Å². The second kappa shape index (κ2) is 8.11. The van der Waals surface area contributed by atoms with Gasteiger partial charge >= 0.3 is 0 Å². The summed E-state index contributed by atoms with van der Waals surface area (Å²) in [5.41, 5.74) is 3.66. The standard InChI is InChI=1S/C23H19ClN2O/c24-21-8-12-23(13-9-21)27-22-10-6-20(7-11-22)19-4-2-18(3-5-19)14-17-26-16-1-15-25-26/h1-13,15-16H,14,17H2. The molecule has 0 fully saturated rings. The molecule has 4 heteroatoms. The van der Waals surface area contributed by atoms with Crippen LogP contribution in [-0.4, -0.2) is 9.78 Å². The molecule has 0 saturated carbocycles. The number of benzene rings is 3. The van der Waals surface area contributed by atoms with Gasteiger partial charge in [0.05, 0.1) is 0 Å². The van der Waals surface area contributed by atoms with E-state index < -0.39 is 0 Å². The molecule has 1 heterocycles. The van der Waals surface area contributed by atoms with Crippen molar-refractivity contribution in [2.75, 3.05) is 0 Å². The quantitative estimate of drug-likeness (QED) is 0.399. The van der Waals surface area contributed by atoms with Gasteiger partial charge in [0.25, 0.3) is 0 Å². The second-order valence-corrected chi connectivity index (χ2v) is 6.73. The molecule has 134 valence electrons. The van der Waals surface area contributed by atoms with E-state index in [9.17, 15) is 0 Å². The van der Waals surface area contributed by atoms with Crippen LogP contribution < -0.4 is 4.74 Å². The molecule has 0 saturated heterocycles. The molecule has 27 heavy (non-hydrogen) atoms. The van der Waals surface area contributed by atoms with Crippen LogP contribution in [-0.2, 0) is 13.0 Å². The summed E-state index contributed by atoms with van der Waals surface area (Å²) in [6.07, 6.45) is 4.77. The van der Waals surface area contributed by atoms with Crippen molar-refractivity contribution in [3.05, 3.63) is 102 Å². The number of aryl methyl sites for hydroxylation is 2. The number of hydrogen-bond donors (Lipinski definition) is 0. The normalized spacial score (nSPS) is 10.7. The van der Waals surface area contributed by atoms with Crippen LogP contribution in [0.2, 0.25) is 5.02 Å². The summed E-state index contributed by atoms with van der Waals surface area (Å²) in [6.45, 7) is 0.892. The molecule has 3 nitrogen and oxygen atoms in total. The third kappa shape index (κ3) is 4.57. The fourth-order valence-corrected chi connectivity index (χ4v) is 3.02. The van der Waals surface area contributed by atoms with E-state index in [1.165, 1.54) is 11.1 Å². The summed E-state index contributed by atoms with van der Waals surface area (Å²) in [4.78, 5) is 0. The van der Waals surface area contributed by atoms with Crippen molar-refractivity contribution < 1.29 is 4.74 Å². The maximum atomic E-state index is 5.90. The van der Waals surface area contributed by atoms with Gasteiger partial charge in [0, 0.05) is 24.0 Å². The third-order valence-corrected chi connectivity index (χ3v) is 4.63. The molecule has 4 aromatic rings. The fraction of sp³-hybridized carbons (Fsp3) is 0.0870. The van der Waals surface area contributed by atoms with Gasteiger partial charge in [-0.25, -0.2) is 0 Å². The van der Waals surface area contributed by atoms with Crippen LogP contribution in [0.15, 0.2) is 91.3 Å². The first-order chi connectivity index (χ1) is 13.3. The van der Waals surface area contributed by atoms with E-state index >= 15 is 0 Å². The molecule has 0 radical (unpaired) electrons. The smallest absolute Gasteiger partial charge is 0.127 e. The number of hydrogen-bond acceptors (Lipinski definition) is 2. The van der Waals surface area contributed by atoms with Gasteiger partial charge in [-0.2, -0.15) is 5.10 Å². The van der Waals surface area contributed by atoms with E-state index in [-0.39, 0.29) is 0 Å². The largest absolute Gasteiger partial charge is 0.457 e. The molecular weight excluding hydrogens is 356 g/mol. The van der Waals surface area contributed by atoms with Crippen molar-refractivity contribution >= 4 is 11.6 Å². The lowest BCUT2D eigenvalue weighted by Gasteiger charge is -2.08. The number of ether oxygens (including phenoxy) is 1. The summed E-state index contributed by atoms with van der Waals surface area (Å²) in [7, 11) is 0. The summed E-state index contributed by atoms with van der Waals surface area (Å²) < 4.78 is 7.80. The summed E-state index contributed by atoms with van der Waals surface area (Å²) in [6, 6.07) is 26.1. The first kappa shape index (κ1) is 17.4. The van der Waals surface area contributed by atoms with E-state index in [2.05, 4.69) is 41.5 Å². The lowest BCUT2D eigenvalue weighted by molar-refractivity contribution is 0.483. The average Bonchev–Trinajstić information content (AvgIpc) is 3.23. The Morgan fingerprint density at radius 2 is 1.37 bits per heavy atom. The molecule has 0 spiro atoms. The Morgan fingerprint density at radius 3 is 1.96 bits per heavy atom. The number of nitrogens with zero attached hydrogens (tertiary/aromatic N) is 2. The maximum absolute atomic E-state index is 5.90. The van der Waals surface area contributed by atoms with Crippen LogP contribution in [0.5, 0.6) is 11.5 Å². The molecule has 0 amide bonds. The fourth-order valence-electron chi connectivity index (χ4n) is 2.89. The van der Waals surface area contributed by atoms with Gasteiger partial charge in [0.2, 0.25) is 0 Å². The zero-order valence-electron chi connectivity index (χ0n) is 14.8. The van der Waals surface area contributed by atoms with Gasteiger partial charge in [0.15, 0.2) is 0 Å². The zero-order chi connectivity index (χ0) is 18.5. The molecular formula is C23H19ClN2O. The monoisotopic (exact) mass is 374 g/mol. The Bertz CT molecular complexity index is 976. The summed E-state index contributed by atoms with van der Waals surface area (Å²) in [5, 5.41) is 4.94. The molecule has 4 rings (SSSR count). The highest BCUT2D eigenvalue weighted by atomic mass is 35.5. The highest BCUT2D eigenvalue weighted by Crippen LogP contribution is 2.27. The van der Waals surface area contributed by atoms with Crippen LogP contribution in [0.3, 0.4) is 0 Å². The summed E-state index contributed by atoms with van der Waals surface area (Å²) >= 11 is 5.90. The third-order valence-electron chi connectivity index (χ3n) is 4.38. The van der Waals surface area contributed by atoms with Crippen molar-refractivity contribution in [2.45, 2.75) is 13.0 Å². The van der Waals surface area contributed by atoms with E-state index in [4.69, 9.17) is 16.3 Å². The predicted octanol–water partition coefficient (Wildman–Crippen LogP) is 6.24. The zero-order valence-corrected chi connectivity index (χ0v) is 15.5. The molecule has 0 unspecified atom stereocenters. The minimum absolute atomic E-state index is 0.700. The summed E-state index contributed by atoms with van der Waals surface area (Å²) in [5.74, 6) is 1.57. The van der Waals surface area contributed by atoms with Gasteiger partial charge < -0.3 is 4.74 Å². The molecule has 0 N–H and O–H groups in total. The average molecular weight is 375 g/mol. The Kier molecular flexibility index (Phi) is 5.22. The van der Waals surface area contributed by atoms with Crippen LogP contribution in [0.4, 0.5) is 0 Å². The lowest BCUT2D eigenvalue weighted by Crippen LogP contribution is -2.01. The minimum Gasteiger partial charge on any atom is -0.457 e. The molecule has 3 aromatic carbocycles. The van der Waals surface area contributed by atoms with E-state index in [1.54, 1.807) is 0 Å². The molecule has 0 bridgehead atoms. The van der Waals surface area contributed by atoms with Crippen LogP contribution in [0.1, 0.15) is 5.56 Å². The first-order valence-corrected chi connectivity index (χ1v) is 9.24. The molecule has 0 aliphatic heterocycles. The van der Waals surface area contributed by atoms with Crippen molar-refractivity contribution in [1.29, 1.82) is 0 Å². The minimum atomic E-state index is 0.700. The van der Waals surface area contributed by atoms with Crippen LogP contribution in [0, 0.1) is 0 Å². The van der Waals surface area contributed by atoms with Crippen molar-refractivity contribution in [2.24, 2.45) is 0 Å². The van der Waals surface area contributed by atoms with E-state index in [1.807, 2.05) is 59.5 Å². The highest BCUT2D eigenvalue weighted by Gasteiger charge is 2.02. The van der Waals surface area contributed by atoms with Gasteiger partial charge in [-0.05, 0) is 65.6 Å². The Hall–Kier alpha value is -3.04. The first-order valence-electron chi connectivity index (χ1n) is 8.86. The van der Waals surface area contributed by atoms with Crippen LogP contribution >= 0.6 is 11.6 Å².